The highest BCUT2D eigenvalue weighted by molar-refractivity contribution is 14.1. The molecule has 0 aliphatic carbocycles. The van der Waals surface area contributed by atoms with Crippen LogP contribution < -0.4 is 0 Å². The van der Waals surface area contributed by atoms with Crippen LogP contribution in [0, 0.1) is 14.9 Å². The van der Waals surface area contributed by atoms with E-state index in [0.29, 0.717) is 6.42 Å². The summed E-state index contributed by atoms with van der Waals surface area (Å²) >= 11 is 7.51. The molecule has 1 nitrogen and oxygen atoms in total. The second-order valence-corrected chi connectivity index (χ2v) is 6.09. The molecule has 2 rings (SSSR count). The van der Waals surface area contributed by atoms with Gasteiger partial charge in [0.05, 0.1) is 12.5 Å². The van der Waals surface area contributed by atoms with Gasteiger partial charge in [-0.25, -0.2) is 0 Å². The van der Waals surface area contributed by atoms with Gasteiger partial charge in [0, 0.05) is 17.6 Å². The number of thiophene rings is 1. The molecule has 0 unspecified atom stereocenters. The standard InChI is InChI=1S/C10H5BrINS/c11-9-5-7(12)3-6-4-8(1-2-13)14-10(6)9/h3-5H,1H2. The summed E-state index contributed by atoms with van der Waals surface area (Å²) in [6.07, 6.45) is 0.502. The predicted molar refractivity (Wildman–Crippen MR) is 71.6 cm³/mol. The molecule has 0 atom stereocenters. The molecular weight excluding hydrogens is 373 g/mol. The second kappa shape index (κ2) is 4.17. The molecule has 2 aromatic rings. The molecule has 0 spiro atoms. The quantitative estimate of drug-likeness (QED) is 0.678. The molecule has 0 N–H and O–H groups in total. The SMILES string of the molecule is N#CCc1cc2cc(I)cc(Br)c2s1. The molecule has 4 heteroatoms. The van der Waals surface area contributed by atoms with Crippen molar-refractivity contribution in [1.29, 1.82) is 5.26 Å². The minimum Gasteiger partial charge on any atom is -0.198 e. The van der Waals surface area contributed by atoms with Crippen molar-refractivity contribution in [2.24, 2.45) is 0 Å². The molecular formula is C10H5BrINS. The summed E-state index contributed by atoms with van der Waals surface area (Å²) in [4.78, 5) is 1.13. The summed E-state index contributed by atoms with van der Waals surface area (Å²) < 4.78 is 3.56. The Kier molecular flexibility index (Phi) is 3.10. The molecule has 0 saturated heterocycles. The van der Waals surface area contributed by atoms with Crippen LogP contribution in [-0.2, 0) is 6.42 Å². The van der Waals surface area contributed by atoms with Crippen molar-refractivity contribution in [2.45, 2.75) is 6.42 Å². The summed E-state index contributed by atoms with van der Waals surface area (Å²) in [6, 6.07) is 8.50. The monoisotopic (exact) mass is 377 g/mol. The molecule has 0 saturated carbocycles. The first kappa shape index (κ1) is 10.4. The number of hydrogen-bond donors (Lipinski definition) is 0. The summed E-state index contributed by atoms with van der Waals surface area (Å²) in [7, 11) is 0. The van der Waals surface area contributed by atoms with E-state index in [1.807, 2.05) is 0 Å². The van der Waals surface area contributed by atoms with Crippen molar-refractivity contribution >= 4 is 59.9 Å². The van der Waals surface area contributed by atoms with E-state index in [4.69, 9.17) is 5.26 Å². The maximum absolute atomic E-state index is 8.61. The van der Waals surface area contributed by atoms with Crippen molar-refractivity contribution in [3.8, 4) is 6.07 Å². The lowest BCUT2D eigenvalue weighted by atomic mass is 10.2. The Morgan fingerprint density at radius 2 is 2.21 bits per heavy atom. The van der Waals surface area contributed by atoms with Crippen molar-refractivity contribution in [3.05, 3.63) is 31.1 Å². The van der Waals surface area contributed by atoms with E-state index >= 15 is 0 Å². The van der Waals surface area contributed by atoms with Crippen LogP contribution in [0.25, 0.3) is 10.1 Å². The minimum absolute atomic E-state index is 0.502. The fraction of sp³-hybridized carbons (Fsp3) is 0.100. The van der Waals surface area contributed by atoms with E-state index in [0.717, 1.165) is 9.35 Å². The molecule has 0 aliphatic rings. The number of hydrogen-bond acceptors (Lipinski definition) is 2. The highest BCUT2D eigenvalue weighted by atomic mass is 127. The molecule has 1 heterocycles. The van der Waals surface area contributed by atoms with E-state index in [9.17, 15) is 0 Å². The van der Waals surface area contributed by atoms with Crippen molar-refractivity contribution in [1.82, 2.24) is 0 Å². The topological polar surface area (TPSA) is 23.8 Å². The van der Waals surface area contributed by atoms with Gasteiger partial charge in [0.1, 0.15) is 0 Å². The van der Waals surface area contributed by atoms with E-state index in [1.54, 1.807) is 11.3 Å². The number of fused-ring (bicyclic) bond motifs is 1. The maximum Gasteiger partial charge on any atom is 0.0696 e. The molecule has 0 fully saturated rings. The van der Waals surface area contributed by atoms with E-state index in [1.165, 1.54) is 13.7 Å². The zero-order valence-electron chi connectivity index (χ0n) is 7.05. The average molecular weight is 378 g/mol. The van der Waals surface area contributed by atoms with Gasteiger partial charge in [0.25, 0.3) is 0 Å². The summed E-state index contributed by atoms with van der Waals surface area (Å²) in [5, 5.41) is 9.83. The zero-order chi connectivity index (χ0) is 10.1. The summed E-state index contributed by atoms with van der Waals surface area (Å²) in [5.74, 6) is 0. The zero-order valence-corrected chi connectivity index (χ0v) is 11.6. The molecule has 0 amide bonds. The first-order valence-electron chi connectivity index (χ1n) is 3.95. The highest BCUT2D eigenvalue weighted by Crippen LogP contribution is 2.33. The van der Waals surface area contributed by atoms with Gasteiger partial charge in [0.15, 0.2) is 0 Å². The average Bonchev–Trinajstić information content (AvgIpc) is 2.48. The van der Waals surface area contributed by atoms with E-state index in [-0.39, 0.29) is 0 Å². The molecule has 14 heavy (non-hydrogen) atoms. The Hall–Kier alpha value is -0.120. The van der Waals surface area contributed by atoms with Crippen LogP contribution >= 0.6 is 49.9 Å². The van der Waals surface area contributed by atoms with Gasteiger partial charge in [-0.1, -0.05) is 0 Å². The Morgan fingerprint density at radius 3 is 2.93 bits per heavy atom. The lowest BCUT2D eigenvalue weighted by molar-refractivity contribution is 1.32. The van der Waals surface area contributed by atoms with E-state index in [2.05, 4.69) is 62.8 Å². The van der Waals surface area contributed by atoms with Crippen LogP contribution in [0.2, 0.25) is 0 Å². The van der Waals surface area contributed by atoms with Gasteiger partial charge in [-0.05, 0) is 62.1 Å². The highest BCUT2D eigenvalue weighted by Gasteiger charge is 2.05. The summed E-state index contributed by atoms with van der Waals surface area (Å²) in [5.41, 5.74) is 0. The van der Waals surface area contributed by atoms with Crippen LogP contribution in [0.1, 0.15) is 4.88 Å². The largest absolute Gasteiger partial charge is 0.198 e. The molecule has 0 bridgehead atoms. The summed E-state index contributed by atoms with van der Waals surface area (Å²) in [6.45, 7) is 0. The molecule has 70 valence electrons. The molecule has 1 aromatic carbocycles. The first-order valence-corrected chi connectivity index (χ1v) is 6.64. The number of benzene rings is 1. The van der Waals surface area contributed by atoms with Crippen molar-refractivity contribution < 1.29 is 0 Å². The van der Waals surface area contributed by atoms with Gasteiger partial charge in [-0.15, -0.1) is 11.3 Å². The van der Waals surface area contributed by atoms with Gasteiger partial charge >= 0.3 is 0 Å². The van der Waals surface area contributed by atoms with Gasteiger partial charge in [-0.3, -0.25) is 0 Å². The third-order valence-corrected chi connectivity index (χ3v) is 4.53. The molecule has 0 radical (unpaired) electrons. The Labute approximate surface area is 108 Å². The molecule has 0 aliphatic heterocycles. The van der Waals surface area contributed by atoms with Crippen molar-refractivity contribution in [2.75, 3.05) is 0 Å². The van der Waals surface area contributed by atoms with Crippen LogP contribution in [0.4, 0.5) is 0 Å². The van der Waals surface area contributed by atoms with Crippen LogP contribution in [0.3, 0.4) is 0 Å². The van der Waals surface area contributed by atoms with E-state index < -0.39 is 0 Å². The maximum atomic E-state index is 8.61. The predicted octanol–water partition coefficient (Wildman–Crippen LogP) is 4.33. The lowest BCUT2D eigenvalue weighted by Crippen LogP contribution is -1.71. The Bertz CT molecular complexity index is 527. The third kappa shape index (κ3) is 1.95. The van der Waals surface area contributed by atoms with Gasteiger partial charge in [-0.2, -0.15) is 5.26 Å². The number of nitriles is 1. The van der Waals surface area contributed by atoms with Crippen LogP contribution in [-0.4, -0.2) is 0 Å². The van der Waals surface area contributed by atoms with Crippen molar-refractivity contribution in [3.63, 3.8) is 0 Å². The second-order valence-electron chi connectivity index (χ2n) is 2.85. The third-order valence-electron chi connectivity index (χ3n) is 1.84. The normalized spacial score (nSPS) is 10.4. The smallest absolute Gasteiger partial charge is 0.0696 e. The Balaban J connectivity index is 2.66. The first-order chi connectivity index (χ1) is 6.70. The van der Waals surface area contributed by atoms with Gasteiger partial charge in [0.2, 0.25) is 0 Å². The van der Waals surface area contributed by atoms with Crippen LogP contribution in [0.5, 0.6) is 0 Å². The fourth-order valence-corrected chi connectivity index (χ4v) is 4.06. The number of rotatable bonds is 1. The number of nitrogens with zero attached hydrogens (tertiary/aromatic N) is 1. The molecule has 1 aromatic heterocycles. The number of halogens is 2. The fourth-order valence-electron chi connectivity index (χ4n) is 1.29. The minimum atomic E-state index is 0.502. The van der Waals surface area contributed by atoms with Gasteiger partial charge < -0.3 is 0 Å². The Morgan fingerprint density at radius 1 is 1.43 bits per heavy atom. The van der Waals surface area contributed by atoms with Crippen LogP contribution in [0.15, 0.2) is 22.7 Å². The lowest BCUT2D eigenvalue weighted by Gasteiger charge is -1.94.